The number of halogens is 3. The highest BCUT2D eigenvalue weighted by molar-refractivity contribution is 7.91. The molecule has 35 heavy (non-hydrogen) atoms. The lowest BCUT2D eigenvalue weighted by molar-refractivity contribution is -0.118. The number of sulfone groups is 1. The number of benzene rings is 3. The molecule has 3 aromatic rings. The first-order valence-electron chi connectivity index (χ1n) is 10.6. The molecular formula is C25H23F3N2O4S. The summed E-state index contributed by atoms with van der Waals surface area (Å²) >= 11 is 0. The van der Waals surface area contributed by atoms with Gasteiger partial charge in [0, 0.05) is 16.9 Å². The Morgan fingerprint density at radius 1 is 0.886 bits per heavy atom. The van der Waals surface area contributed by atoms with Gasteiger partial charge in [-0.05, 0) is 54.1 Å². The van der Waals surface area contributed by atoms with Crippen LogP contribution in [0.5, 0.6) is 0 Å². The normalized spacial score (nSPS) is 11.7. The average molecular weight is 505 g/mol. The molecule has 0 atom stereocenters. The first-order valence-corrected chi connectivity index (χ1v) is 12.3. The zero-order valence-corrected chi connectivity index (χ0v) is 19.6. The maximum absolute atomic E-state index is 13.1. The smallest absolute Gasteiger partial charge is 0.326 e. The van der Waals surface area contributed by atoms with Gasteiger partial charge >= 0.3 is 6.18 Å². The Kier molecular flexibility index (Phi) is 7.96. The summed E-state index contributed by atoms with van der Waals surface area (Å²) in [6.07, 6.45) is -4.60. The minimum atomic E-state index is -4.58. The lowest BCUT2D eigenvalue weighted by atomic mass is 10.1. The first-order chi connectivity index (χ1) is 16.5. The Morgan fingerprint density at radius 2 is 1.49 bits per heavy atom. The highest BCUT2D eigenvalue weighted by atomic mass is 32.2. The molecule has 0 spiro atoms. The molecule has 1 N–H and O–H groups in total. The van der Waals surface area contributed by atoms with E-state index in [9.17, 15) is 31.2 Å². The van der Waals surface area contributed by atoms with E-state index in [-0.39, 0.29) is 34.2 Å². The van der Waals surface area contributed by atoms with E-state index in [1.165, 1.54) is 48.5 Å². The predicted molar refractivity (Wildman–Crippen MR) is 127 cm³/mol. The zero-order chi connectivity index (χ0) is 25.6. The van der Waals surface area contributed by atoms with Crippen LogP contribution in [0.2, 0.25) is 0 Å². The van der Waals surface area contributed by atoms with Crippen LogP contribution in [-0.2, 0) is 21.1 Å². The maximum Gasteiger partial charge on any atom is 0.406 e. The van der Waals surface area contributed by atoms with Crippen molar-refractivity contribution in [3.05, 3.63) is 90.0 Å². The van der Waals surface area contributed by atoms with E-state index in [1.54, 1.807) is 37.3 Å². The van der Waals surface area contributed by atoms with Gasteiger partial charge in [0.25, 0.3) is 5.91 Å². The van der Waals surface area contributed by atoms with Crippen LogP contribution >= 0.6 is 0 Å². The van der Waals surface area contributed by atoms with Gasteiger partial charge < -0.3 is 5.32 Å². The molecule has 0 radical (unpaired) electrons. The molecule has 3 rings (SSSR count). The number of rotatable bonds is 8. The van der Waals surface area contributed by atoms with Gasteiger partial charge in [-0.2, -0.15) is 13.2 Å². The SMILES string of the molecule is CCS(=O)(=O)c1ccc(CC(=O)Nc2ccc(C(=O)N(CC(F)(F)F)c3ccccc3)cc2)cc1. The van der Waals surface area contributed by atoms with E-state index < -0.39 is 28.5 Å². The van der Waals surface area contributed by atoms with Crippen LogP contribution in [0.25, 0.3) is 0 Å². The first kappa shape index (κ1) is 26.0. The van der Waals surface area contributed by atoms with Gasteiger partial charge in [-0.1, -0.05) is 37.3 Å². The second-order valence-electron chi connectivity index (χ2n) is 7.69. The van der Waals surface area contributed by atoms with Crippen LogP contribution < -0.4 is 10.2 Å². The van der Waals surface area contributed by atoms with Gasteiger partial charge in [0.15, 0.2) is 9.84 Å². The quantitative estimate of drug-likeness (QED) is 0.475. The van der Waals surface area contributed by atoms with Crippen LogP contribution in [0.4, 0.5) is 24.5 Å². The summed E-state index contributed by atoms with van der Waals surface area (Å²) in [5.41, 5.74) is 1.11. The molecule has 10 heteroatoms. The largest absolute Gasteiger partial charge is 0.406 e. The fourth-order valence-electron chi connectivity index (χ4n) is 3.29. The monoisotopic (exact) mass is 504 g/mol. The Hall–Kier alpha value is -3.66. The molecule has 0 heterocycles. The summed E-state index contributed by atoms with van der Waals surface area (Å²) in [5.74, 6) is -1.23. The molecule has 6 nitrogen and oxygen atoms in total. The summed E-state index contributed by atoms with van der Waals surface area (Å²) in [4.78, 5) is 26.0. The minimum Gasteiger partial charge on any atom is -0.326 e. The van der Waals surface area contributed by atoms with E-state index in [0.29, 0.717) is 16.2 Å². The van der Waals surface area contributed by atoms with E-state index in [1.807, 2.05) is 0 Å². The summed E-state index contributed by atoms with van der Waals surface area (Å²) in [6.45, 7) is 0.109. The molecule has 0 bridgehead atoms. The molecule has 0 aliphatic heterocycles. The van der Waals surface area contributed by atoms with E-state index in [0.717, 1.165) is 0 Å². The number of amides is 2. The van der Waals surface area contributed by atoms with Crippen molar-refractivity contribution in [2.24, 2.45) is 0 Å². The van der Waals surface area contributed by atoms with Gasteiger partial charge in [-0.25, -0.2) is 8.42 Å². The number of carbonyl (C=O) groups is 2. The molecule has 2 amide bonds. The standard InChI is InChI=1S/C25H23F3N2O4S/c1-2-35(33,34)22-14-8-18(9-15-22)16-23(31)29-20-12-10-19(11-13-20)24(32)30(17-25(26,27)28)21-6-4-3-5-7-21/h3-15H,2,16-17H2,1H3,(H,29,31). The van der Waals surface area contributed by atoms with Gasteiger partial charge in [0.2, 0.25) is 5.91 Å². The topological polar surface area (TPSA) is 83.5 Å². The van der Waals surface area contributed by atoms with E-state index in [4.69, 9.17) is 0 Å². The third-order valence-corrected chi connectivity index (χ3v) is 6.84. The molecule has 0 saturated heterocycles. The van der Waals surface area contributed by atoms with Crippen molar-refractivity contribution in [1.29, 1.82) is 0 Å². The fourth-order valence-corrected chi connectivity index (χ4v) is 4.18. The molecule has 0 saturated carbocycles. The van der Waals surface area contributed by atoms with Crippen molar-refractivity contribution < 1.29 is 31.2 Å². The van der Waals surface area contributed by atoms with Crippen molar-refractivity contribution >= 4 is 33.0 Å². The van der Waals surface area contributed by atoms with Crippen LogP contribution in [0.15, 0.2) is 83.8 Å². The third-order valence-electron chi connectivity index (χ3n) is 5.09. The zero-order valence-electron chi connectivity index (χ0n) is 18.7. The van der Waals surface area contributed by atoms with Crippen LogP contribution in [-0.4, -0.2) is 38.7 Å². The Bertz CT molecular complexity index is 1280. The number of nitrogens with zero attached hydrogens (tertiary/aromatic N) is 1. The number of hydrogen-bond acceptors (Lipinski definition) is 4. The Labute approximate surface area is 201 Å². The number of anilines is 2. The lowest BCUT2D eigenvalue weighted by Gasteiger charge is -2.24. The molecule has 0 aliphatic rings. The van der Waals surface area contributed by atoms with Crippen molar-refractivity contribution in [3.8, 4) is 0 Å². The number of alkyl halides is 3. The minimum absolute atomic E-state index is 0.0134. The van der Waals surface area contributed by atoms with Crippen molar-refractivity contribution in [2.45, 2.75) is 24.4 Å². The van der Waals surface area contributed by atoms with Gasteiger partial charge in [-0.3, -0.25) is 14.5 Å². The number of carbonyl (C=O) groups excluding carboxylic acids is 2. The highest BCUT2D eigenvalue weighted by Crippen LogP contribution is 2.24. The predicted octanol–water partition coefficient (Wildman–Crippen LogP) is 4.87. The number of nitrogens with one attached hydrogen (secondary N) is 1. The van der Waals surface area contributed by atoms with Gasteiger partial charge in [0.05, 0.1) is 17.1 Å². The molecule has 0 unspecified atom stereocenters. The summed E-state index contributed by atoms with van der Waals surface area (Å²) in [7, 11) is -3.33. The molecule has 0 aliphatic carbocycles. The van der Waals surface area contributed by atoms with Gasteiger partial charge in [-0.15, -0.1) is 0 Å². The van der Waals surface area contributed by atoms with Crippen molar-refractivity contribution in [2.75, 3.05) is 22.5 Å². The van der Waals surface area contributed by atoms with Crippen LogP contribution in [0, 0.1) is 0 Å². The molecule has 0 aromatic heterocycles. The Balaban J connectivity index is 1.67. The molecule has 0 fully saturated rings. The van der Waals surface area contributed by atoms with Crippen LogP contribution in [0.3, 0.4) is 0 Å². The van der Waals surface area contributed by atoms with Crippen molar-refractivity contribution in [3.63, 3.8) is 0 Å². The highest BCUT2D eigenvalue weighted by Gasteiger charge is 2.34. The summed E-state index contributed by atoms with van der Waals surface area (Å²) < 4.78 is 63.0. The second-order valence-corrected chi connectivity index (χ2v) is 9.97. The average Bonchev–Trinajstić information content (AvgIpc) is 2.83. The number of para-hydroxylation sites is 1. The Morgan fingerprint density at radius 3 is 2.03 bits per heavy atom. The van der Waals surface area contributed by atoms with Gasteiger partial charge in [0.1, 0.15) is 6.54 Å². The summed E-state index contributed by atoms with van der Waals surface area (Å²) in [5, 5.41) is 2.65. The van der Waals surface area contributed by atoms with E-state index >= 15 is 0 Å². The summed E-state index contributed by atoms with van der Waals surface area (Å²) in [6, 6.07) is 19.1. The lowest BCUT2D eigenvalue weighted by Crippen LogP contribution is -2.39. The molecule has 3 aromatic carbocycles. The third kappa shape index (κ3) is 7.16. The fraction of sp³-hybridized carbons (Fsp3) is 0.200. The van der Waals surface area contributed by atoms with Crippen molar-refractivity contribution in [1.82, 2.24) is 0 Å². The number of hydrogen-bond donors (Lipinski definition) is 1. The molecular weight excluding hydrogens is 481 g/mol. The second kappa shape index (κ2) is 10.7. The van der Waals surface area contributed by atoms with Crippen LogP contribution in [0.1, 0.15) is 22.8 Å². The molecule has 184 valence electrons. The van der Waals surface area contributed by atoms with E-state index in [2.05, 4.69) is 5.32 Å². The maximum atomic E-state index is 13.1.